The SMILES string of the molecule is O=C(c1cnn(CCN2CCCCC2)c1)N1C[C@H]2CC[C@H]1C2. The molecule has 2 saturated heterocycles. The van der Waals surface area contributed by atoms with Crippen LogP contribution in [0, 0.1) is 5.92 Å². The Bertz CT molecular complexity index is 535. The van der Waals surface area contributed by atoms with E-state index < -0.39 is 0 Å². The minimum atomic E-state index is 0.191. The number of aromatic nitrogens is 2. The maximum Gasteiger partial charge on any atom is 0.257 e. The van der Waals surface area contributed by atoms with Gasteiger partial charge in [-0.1, -0.05) is 6.42 Å². The van der Waals surface area contributed by atoms with Crippen LogP contribution in [0.25, 0.3) is 0 Å². The number of carbonyl (C=O) groups is 1. The third-order valence-electron chi connectivity index (χ3n) is 5.64. The van der Waals surface area contributed by atoms with E-state index in [0.29, 0.717) is 6.04 Å². The van der Waals surface area contributed by atoms with Crippen molar-refractivity contribution < 1.29 is 4.79 Å². The smallest absolute Gasteiger partial charge is 0.257 e. The summed E-state index contributed by atoms with van der Waals surface area (Å²) < 4.78 is 1.94. The van der Waals surface area contributed by atoms with Gasteiger partial charge in [-0.15, -0.1) is 0 Å². The predicted octanol–water partition coefficient (Wildman–Crippen LogP) is 1.99. The minimum Gasteiger partial charge on any atom is -0.335 e. The topological polar surface area (TPSA) is 41.4 Å². The first kappa shape index (κ1) is 14.2. The third kappa shape index (κ3) is 2.78. The van der Waals surface area contributed by atoms with Gasteiger partial charge in [0.25, 0.3) is 5.91 Å². The van der Waals surface area contributed by atoms with E-state index in [9.17, 15) is 4.79 Å². The summed E-state index contributed by atoms with van der Waals surface area (Å²) in [5.41, 5.74) is 0.770. The molecule has 0 radical (unpaired) electrons. The van der Waals surface area contributed by atoms with E-state index in [0.717, 1.165) is 31.1 Å². The maximum absolute atomic E-state index is 12.6. The Balaban J connectivity index is 1.33. The van der Waals surface area contributed by atoms with E-state index in [2.05, 4.69) is 14.9 Å². The van der Waals surface area contributed by atoms with E-state index >= 15 is 0 Å². The number of piperidine rings is 2. The summed E-state index contributed by atoms with van der Waals surface area (Å²) >= 11 is 0. The van der Waals surface area contributed by atoms with Crippen molar-refractivity contribution >= 4 is 5.91 Å². The summed E-state index contributed by atoms with van der Waals surface area (Å²) in [5.74, 6) is 0.944. The van der Waals surface area contributed by atoms with Crippen LogP contribution in [0.5, 0.6) is 0 Å². The molecule has 5 nitrogen and oxygen atoms in total. The molecule has 3 fully saturated rings. The van der Waals surface area contributed by atoms with Gasteiger partial charge in [0.15, 0.2) is 0 Å². The molecule has 0 aromatic carbocycles. The first-order valence-corrected chi connectivity index (χ1v) is 8.85. The first-order chi connectivity index (χ1) is 10.8. The molecule has 2 atom stereocenters. The lowest BCUT2D eigenvalue weighted by Gasteiger charge is -2.26. The summed E-state index contributed by atoms with van der Waals surface area (Å²) in [7, 11) is 0. The Morgan fingerprint density at radius 1 is 1.18 bits per heavy atom. The molecule has 2 aliphatic heterocycles. The minimum absolute atomic E-state index is 0.191. The lowest BCUT2D eigenvalue weighted by Crippen LogP contribution is -2.37. The van der Waals surface area contributed by atoms with E-state index in [1.807, 2.05) is 10.9 Å². The molecule has 0 spiro atoms. The highest BCUT2D eigenvalue weighted by molar-refractivity contribution is 5.94. The predicted molar refractivity (Wildman–Crippen MR) is 84.7 cm³/mol. The van der Waals surface area contributed by atoms with E-state index in [-0.39, 0.29) is 5.91 Å². The zero-order chi connectivity index (χ0) is 14.9. The van der Waals surface area contributed by atoms with Gasteiger partial charge in [0.2, 0.25) is 0 Å². The van der Waals surface area contributed by atoms with Gasteiger partial charge < -0.3 is 9.80 Å². The quantitative estimate of drug-likeness (QED) is 0.854. The average molecular weight is 302 g/mol. The highest BCUT2D eigenvalue weighted by Gasteiger charge is 2.40. The summed E-state index contributed by atoms with van der Waals surface area (Å²) in [6.45, 7) is 5.32. The van der Waals surface area contributed by atoms with Gasteiger partial charge in [-0.3, -0.25) is 9.48 Å². The molecular formula is C17H26N4O. The van der Waals surface area contributed by atoms with E-state index in [1.165, 1.54) is 51.6 Å². The molecule has 4 rings (SSSR count). The molecule has 3 aliphatic rings. The van der Waals surface area contributed by atoms with Crippen LogP contribution in [0.15, 0.2) is 12.4 Å². The fourth-order valence-electron chi connectivity index (χ4n) is 4.36. The molecular weight excluding hydrogens is 276 g/mol. The van der Waals surface area contributed by atoms with Gasteiger partial charge in [0.05, 0.1) is 18.3 Å². The van der Waals surface area contributed by atoms with Gasteiger partial charge >= 0.3 is 0 Å². The normalized spacial score (nSPS) is 28.5. The average Bonchev–Trinajstić information content (AvgIpc) is 3.29. The molecule has 1 aromatic rings. The van der Waals surface area contributed by atoms with Gasteiger partial charge in [-0.05, 0) is 51.1 Å². The molecule has 5 heteroatoms. The molecule has 1 amide bonds. The van der Waals surface area contributed by atoms with Crippen molar-refractivity contribution in [3.63, 3.8) is 0 Å². The van der Waals surface area contributed by atoms with Crippen LogP contribution < -0.4 is 0 Å². The summed E-state index contributed by atoms with van der Waals surface area (Å²) in [6, 6.07) is 0.495. The Labute approximate surface area is 132 Å². The molecule has 2 bridgehead atoms. The van der Waals surface area contributed by atoms with Gasteiger partial charge in [-0.25, -0.2) is 0 Å². The number of likely N-dealkylation sites (tertiary alicyclic amines) is 2. The fourth-order valence-corrected chi connectivity index (χ4v) is 4.36. The molecule has 120 valence electrons. The fraction of sp³-hybridized carbons (Fsp3) is 0.765. The van der Waals surface area contributed by atoms with Crippen molar-refractivity contribution in [2.45, 2.75) is 51.1 Å². The highest BCUT2D eigenvalue weighted by Crippen LogP contribution is 2.37. The standard InChI is InChI=1S/C17H26N4O/c22-17(21-12-14-4-5-16(21)10-14)15-11-18-20(13-15)9-8-19-6-2-1-3-7-19/h11,13-14,16H,1-10,12H2/t14-,16-/m0/s1. The van der Waals surface area contributed by atoms with Crippen LogP contribution in [0.4, 0.5) is 0 Å². The van der Waals surface area contributed by atoms with Crippen LogP contribution in [0.2, 0.25) is 0 Å². The van der Waals surface area contributed by atoms with Gasteiger partial charge in [0, 0.05) is 25.3 Å². The van der Waals surface area contributed by atoms with Crippen molar-refractivity contribution in [3.8, 4) is 0 Å². The largest absolute Gasteiger partial charge is 0.335 e. The van der Waals surface area contributed by atoms with Gasteiger partial charge in [0.1, 0.15) is 0 Å². The van der Waals surface area contributed by atoms with Crippen LogP contribution in [-0.4, -0.2) is 57.7 Å². The molecule has 1 aliphatic carbocycles. The lowest BCUT2D eigenvalue weighted by molar-refractivity contribution is 0.0703. The number of amides is 1. The Kier molecular flexibility index (Phi) is 3.90. The van der Waals surface area contributed by atoms with Crippen molar-refractivity contribution in [1.82, 2.24) is 19.6 Å². The highest BCUT2D eigenvalue weighted by atomic mass is 16.2. The number of rotatable bonds is 4. The van der Waals surface area contributed by atoms with Crippen LogP contribution in [0.3, 0.4) is 0 Å². The summed E-state index contributed by atoms with van der Waals surface area (Å²) in [6.07, 6.45) is 11.4. The van der Waals surface area contributed by atoms with Gasteiger partial charge in [-0.2, -0.15) is 5.10 Å². The number of hydrogen-bond acceptors (Lipinski definition) is 3. The second-order valence-corrected chi connectivity index (χ2v) is 7.18. The molecule has 1 saturated carbocycles. The monoisotopic (exact) mass is 302 g/mol. The van der Waals surface area contributed by atoms with E-state index in [4.69, 9.17) is 0 Å². The zero-order valence-corrected chi connectivity index (χ0v) is 13.3. The Hall–Kier alpha value is -1.36. The van der Waals surface area contributed by atoms with Crippen LogP contribution in [0.1, 0.15) is 48.9 Å². The Morgan fingerprint density at radius 3 is 2.77 bits per heavy atom. The first-order valence-electron chi connectivity index (χ1n) is 8.85. The summed E-state index contributed by atoms with van der Waals surface area (Å²) in [4.78, 5) is 17.2. The molecule has 0 unspecified atom stereocenters. The van der Waals surface area contributed by atoms with Crippen LogP contribution in [-0.2, 0) is 6.54 Å². The number of carbonyl (C=O) groups excluding carboxylic acids is 1. The molecule has 3 heterocycles. The van der Waals surface area contributed by atoms with Crippen molar-refractivity contribution in [1.29, 1.82) is 0 Å². The Morgan fingerprint density at radius 2 is 2.05 bits per heavy atom. The summed E-state index contributed by atoms with van der Waals surface area (Å²) in [5, 5.41) is 4.40. The zero-order valence-electron chi connectivity index (χ0n) is 13.3. The molecule has 1 aromatic heterocycles. The van der Waals surface area contributed by atoms with E-state index in [1.54, 1.807) is 6.20 Å². The van der Waals surface area contributed by atoms with Crippen molar-refractivity contribution in [2.24, 2.45) is 5.92 Å². The molecule has 0 N–H and O–H groups in total. The molecule has 22 heavy (non-hydrogen) atoms. The maximum atomic E-state index is 12.6. The number of fused-ring (bicyclic) bond motifs is 2. The third-order valence-corrected chi connectivity index (χ3v) is 5.64. The number of hydrogen-bond donors (Lipinski definition) is 0. The van der Waals surface area contributed by atoms with Crippen LogP contribution >= 0.6 is 0 Å². The number of nitrogens with zero attached hydrogens (tertiary/aromatic N) is 4. The second-order valence-electron chi connectivity index (χ2n) is 7.18. The van der Waals surface area contributed by atoms with Crippen molar-refractivity contribution in [3.05, 3.63) is 18.0 Å². The lowest BCUT2D eigenvalue weighted by atomic mass is 10.1. The van der Waals surface area contributed by atoms with Crippen molar-refractivity contribution in [2.75, 3.05) is 26.2 Å². The second kappa shape index (κ2) is 6.03.